The first-order valence-corrected chi connectivity index (χ1v) is 3.67. The molecule has 0 bridgehead atoms. The Kier molecular flexibility index (Phi) is 2.52. The number of nitrogens with zero attached hydrogens (tertiary/aromatic N) is 3. The number of hydroxylamine groups is 2. The van der Waals surface area contributed by atoms with Crippen molar-refractivity contribution < 1.29 is 9.63 Å². The molecule has 0 unspecified atom stereocenters. The van der Waals surface area contributed by atoms with Gasteiger partial charge in [-0.1, -0.05) is 0 Å². The van der Waals surface area contributed by atoms with E-state index in [1.807, 2.05) is 0 Å². The third-order valence-electron chi connectivity index (χ3n) is 1.73. The molecule has 1 rings (SSSR count). The highest BCUT2D eigenvalue weighted by Gasteiger charge is 2.18. The lowest BCUT2D eigenvalue weighted by atomic mass is 10.3. The van der Waals surface area contributed by atoms with Crippen molar-refractivity contribution in [3.63, 3.8) is 0 Å². The van der Waals surface area contributed by atoms with Crippen LogP contribution >= 0.6 is 0 Å². The summed E-state index contributed by atoms with van der Waals surface area (Å²) in [5.41, 5.74) is 6.22. The Morgan fingerprint density at radius 1 is 1.77 bits per heavy atom. The summed E-state index contributed by atoms with van der Waals surface area (Å²) in [5.74, 6) is -0.319. The van der Waals surface area contributed by atoms with Crippen molar-refractivity contribution in [1.82, 2.24) is 14.8 Å². The third kappa shape index (κ3) is 1.62. The van der Waals surface area contributed by atoms with Gasteiger partial charge in [0.05, 0.1) is 19.0 Å². The van der Waals surface area contributed by atoms with Gasteiger partial charge in [-0.3, -0.25) is 14.3 Å². The zero-order valence-electron chi connectivity index (χ0n) is 7.81. The third-order valence-corrected chi connectivity index (χ3v) is 1.73. The highest BCUT2D eigenvalue weighted by Crippen LogP contribution is 2.11. The average molecular weight is 184 g/mol. The van der Waals surface area contributed by atoms with Crippen LogP contribution in [0.1, 0.15) is 10.5 Å². The molecule has 13 heavy (non-hydrogen) atoms. The number of hydrogen-bond acceptors (Lipinski definition) is 4. The van der Waals surface area contributed by atoms with E-state index in [9.17, 15) is 4.79 Å². The molecule has 1 aromatic heterocycles. The fourth-order valence-corrected chi connectivity index (χ4v) is 0.948. The first-order chi connectivity index (χ1) is 6.07. The smallest absolute Gasteiger partial charge is 0.297 e. The van der Waals surface area contributed by atoms with Crippen LogP contribution in [0.15, 0.2) is 6.20 Å². The Labute approximate surface area is 75.8 Å². The first-order valence-electron chi connectivity index (χ1n) is 3.67. The van der Waals surface area contributed by atoms with Gasteiger partial charge in [0.2, 0.25) is 0 Å². The van der Waals surface area contributed by atoms with Crippen molar-refractivity contribution >= 4 is 11.6 Å². The van der Waals surface area contributed by atoms with Crippen molar-refractivity contribution in [2.75, 3.05) is 19.9 Å². The molecule has 1 heterocycles. The Hall–Kier alpha value is -1.56. The molecule has 0 radical (unpaired) electrons. The van der Waals surface area contributed by atoms with E-state index in [-0.39, 0.29) is 5.91 Å². The first kappa shape index (κ1) is 9.53. The SMILES string of the molecule is CON(C)C(=O)c1c(N)cnn1C. The molecule has 0 aliphatic carbocycles. The summed E-state index contributed by atoms with van der Waals surface area (Å²) in [6.07, 6.45) is 1.43. The van der Waals surface area contributed by atoms with Gasteiger partial charge in [-0.25, -0.2) is 5.06 Å². The van der Waals surface area contributed by atoms with Crippen LogP contribution in [0.2, 0.25) is 0 Å². The van der Waals surface area contributed by atoms with Gasteiger partial charge in [0.15, 0.2) is 5.69 Å². The van der Waals surface area contributed by atoms with Crippen LogP contribution in [0.3, 0.4) is 0 Å². The Morgan fingerprint density at radius 2 is 2.38 bits per heavy atom. The van der Waals surface area contributed by atoms with Gasteiger partial charge in [-0.15, -0.1) is 0 Å². The number of rotatable bonds is 2. The van der Waals surface area contributed by atoms with Crippen molar-refractivity contribution in [3.8, 4) is 0 Å². The second kappa shape index (κ2) is 3.44. The van der Waals surface area contributed by atoms with Gasteiger partial charge in [0, 0.05) is 14.1 Å². The Bertz CT molecular complexity index is 301. The predicted molar refractivity (Wildman–Crippen MR) is 46.7 cm³/mol. The topological polar surface area (TPSA) is 73.4 Å². The maximum Gasteiger partial charge on any atom is 0.297 e. The van der Waals surface area contributed by atoms with Gasteiger partial charge >= 0.3 is 0 Å². The van der Waals surface area contributed by atoms with Gasteiger partial charge in [-0.2, -0.15) is 5.10 Å². The van der Waals surface area contributed by atoms with Crippen molar-refractivity contribution in [3.05, 3.63) is 11.9 Å². The molecule has 2 N–H and O–H groups in total. The van der Waals surface area contributed by atoms with Gasteiger partial charge < -0.3 is 5.73 Å². The quantitative estimate of drug-likeness (QED) is 0.637. The number of nitrogen functional groups attached to an aromatic ring is 1. The molecule has 1 amide bonds. The van der Waals surface area contributed by atoms with E-state index in [0.29, 0.717) is 11.4 Å². The van der Waals surface area contributed by atoms with E-state index in [2.05, 4.69) is 5.10 Å². The lowest BCUT2D eigenvalue weighted by Gasteiger charge is -2.13. The molecule has 1 aromatic rings. The number of carbonyl (C=O) groups excluding carboxylic acids is 1. The van der Waals surface area contributed by atoms with E-state index in [1.165, 1.54) is 25.0 Å². The van der Waals surface area contributed by atoms with E-state index in [1.54, 1.807) is 7.05 Å². The summed E-state index contributed by atoms with van der Waals surface area (Å²) in [6, 6.07) is 0. The van der Waals surface area contributed by atoms with Crippen molar-refractivity contribution in [2.45, 2.75) is 0 Å². The minimum Gasteiger partial charge on any atom is -0.396 e. The van der Waals surface area contributed by atoms with Crippen molar-refractivity contribution in [2.24, 2.45) is 7.05 Å². The Morgan fingerprint density at radius 3 is 2.77 bits per heavy atom. The molecular formula is C7H12N4O2. The van der Waals surface area contributed by atoms with Crippen LogP contribution in [-0.4, -0.2) is 34.9 Å². The lowest BCUT2D eigenvalue weighted by Crippen LogP contribution is -2.28. The van der Waals surface area contributed by atoms with Gasteiger partial charge in [0.25, 0.3) is 5.91 Å². The minimum absolute atomic E-state index is 0.319. The maximum atomic E-state index is 11.5. The fraction of sp³-hybridized carbons (Fsp3) is 0.429. The normalized spacial score (nSPS) is 10.1. The lowest BCUT2D eigenvalue weighted by molar-refractivity contribution is -0.0762. The second-order valence-electron chi connectivity index (χ2n) is 2.56. The Balaban J connectivity index is 3.01. The van der Waals surface area contributed by atoms with E-state index < -0.39 is 0 Å². The highest BCUT2D eigenvalue weighted by molar-refractivity contribution is 5.96. The largest absolute Gasteiger partial charge is 0.396 e. The number of aromatic nitrogens is 2. The van der Waals surface area contributed by atoms with E-state index >= 15 is 0 Å². The fourth-order valence-electron chi connectivity index (χ4n) is 0.948. The van der Waals surface area contributed by atoms with E-state index in [4.69, 9.17) is 10.6 Å². The highest BCUT2D eigenvalue weighted by atomic mass is 16.7. The monoisotopic (exact) mass is 184 g/mol. The second-order valence-corrected chi connectivity index (χ2v) is 2.56. The standard InChI is InChI=1S/C7H12N4O2/c1-10-6(5(8)4-9-10)7(12)11(2)13-3/h4H,8H2,1-3H3. The summed E-state index contributed by atoms with van der Waals surface area (Å²) < 4.78 is 1.41. The molecular weight excluding hydrogens is 172 g/mol. The molecule has 6 heteroatoms. The summed E-state index contributed by atoms with van der Waals surface area (Å²) in [5, 5.41) is 4.93. The molecule has 0 fully saturated rings. The average Bonchev–Trinajstić information content (AvgIpc) is 2.44. The number of nitrogens with two attached hydrogens (primary N) is 1. The molecule has 0 saturated heterocycles. The molecule has 0 spiro atoms. The predicted octanol–water partition coefficient (Wildman–Crippen LogP) is -0.364. The number of hydrogen-bond donors (Lipinski definition) is 1. The number of carbonyl (C=O) groups is 1. The number of anilines is 1. The molecule has 0 saturated carbocycles. The molecule has 0 aliphatic heterocycles. The summed E-state index contributed by atoms with van der Waals surface area (Å²) in [4.78, 5) is 16.3. The van der Waals surface area contributed by atoms with Crippen LogP contribution in [0.4, 0.5) is 5.69 Å². The molecule has 0 aromatic carbocycles. The molecule has 0 aliphatic rings. The van der Waals surface area contributed by atoms with Crippen LogP contribution in [0.25, 0.3) is 0 Å². The summed E-state index contributed by atoms with van der Waals surface area (Å²) in [7, 11) is 4.56. The summed E-state index contributed by atoms with van der Waals surface area (Å²) >= 11 is 0. The zero-order valence-corrected chi connectivity index (χ0v) is 7.81. The van der Waals surface area contributed by atoms with E-state index in [0.717, 1.165) is 5.06 Å². The van der Waals surface area contributed by atoms with Gasteiger partial charge in [0.1, 0.15) is 0 Å². The maximum absolute atomic E-state index is 11.5. The van der Waals surface area contributed by atoms with Crippen LogP contribution in [0.5, 0.6) is 0 Å². The van der Waals surface area contributed by atoms with Crippen LogP contribution in [0, 0.1) is 0 Å². The van der Waals surface area contributed by atoms with Crippen molar-refractivity contribution in [1.29, 1.82) is 0 Å². The molecule has 72 valence electrons. The van der Waals surface area contributed by atoms with Crippen LogP contribution in [-0.2, 0) is 11.9 Å². The minimum atomic E-state index is -0.319. The summed E-state index contributed by atoms with van der Waals surface area (Å²) in [6.45, 7) is 0. The van der Waals surface area contributed by atoms with Crippen LogP contribution < -0.4 is 5.73 Å². The zero-order chi connectivity index (χ0) is 10.0. The number of aryl methyl sites for hydroxylation is 1. The van der Waals surface area contributed by atoms with Gasteiger partial charge in [-0.05, 0) is 0 Å². The molecule has 0 atom stereocenters. The molecule has 6 nitrogen and oxygen atoms in total. The number of amides is 1.